The van der Waals surface area contributed by atoms with E-state index >= 15 is 0 Å². The van der Waals surface area contributed by atoms with Crippen molar-refractivity contribution in [2.24, 2.45) is 0 Å². The number of hydrogen-bond donors (Lipinski definition) is 0. The molecule has 2 aliphatic rings. The van der Waals surface area contributed by atoms with Crippen molar-refractivity contribution in [1.29, 1.82) is 0 Å². The maximum Gasteiger partial charge on any atom is 0.127 e. The van der Waals surface area contributed by atoms with Crippen LogP contribution in [0.25, 0.3) is 5.57 Å². The monoisotopic (exact) mass is 322 g/mol. The van der Waals surface area contributed by atoms with Gasteiger partial charge in [-0.1, -0.05) is 36.4 Å². The van der Waals surface area contributed by atoms with Crippen LogP contribution in [0.5, 0.6) is 11.5 Å². The molecule has 1 aliphatic carbocycles. The molecule has 2 aromatic carbocycles. The molecule has 124 valence electrons. The average molecular weight is 322 g/mol. The molecule has 0 N–H and O–H groups in total. The van der Waals surface area contributed by atoms with Gasteiger partial charge in [0.05, 0.1) is 6.61 Å². The fourth-order valence-corrected chi connectivity index (χ4v) is 2.98. The highest BCUT2D eigenvalue weighted by Crippen LogP contribution is 2.36. The van der Waals surface area contributed by atoms with Crippen LogP contribution in [-0.2, 0) is 11.3 Å². The molecule has 4 rings (SSSR count). The maximum absolute atomic E-state index is 5.98. The first-order chi connectivity index (χ1) is 11.9. The standard InChI is InChI=1S/C21H22O3/c1-2-6-16(7-3-1)13-22-18-10-11-21(24-15-19-14-23-19)20(12-18)17-8-4-5-9-17/h1-3,6-8,10-12,19H,4-5,9,13-15H2. The lowest BCUT2D eigenvalue weighted by molar-refractivity contribution is 0.261. The summed E-state index contributed by atoms with van der Waals surface area (Å²) in [6, 6.07) is 16.4. The second-order valence-corrected chi connectivity index (χ2v) is 6.32. The Hall–Kier alpha value is -2.26. The minimum absolute atomic E-state index is 0.268. The molecule has 0 bridgehead atoms. The molecule has 3 heteroatoms. The van der Waals surface area contributed by atoms with Crippen LogP contribution in [0.15, 0.2) is 54.6 Å². The van der Waals surface area contributed by atoms with Gasteiger partial charge < -0.3 is 14.2 Å². The minimum atomic E-state index is 0.268. The lowest BCUT2D eigenvalue weighted by Gasteiger charge is -2.14. The van der Waals surface area contributed by atoms with Crippen molar-refractivity contribution in [3.05, 3.63) is 65.7 Å². The van der Waals surface area contributed by atoms with Gasteiger partial charge in [0.15, 0.2) is 0 Å². The van der Waals surface area contributed by atoms with Gasteiger partial charge in [-0.3, -0.25) is 0 Å². The second-order valence-electron chi connectivity index (χ2n) is 6.32. The summed E-state index contributed by atoms with van der Waals surface area (Å²) in [4.78, 5) is 0. The predicted molar refractivity (Wildman–Crippen MR) is 94.3 cm³/mol. The first-order valence-electron chi connectivity index (χ1n) is 8.63. The van der Waals surface area contributed by atoms with Crippen LogP contribution in [0.3, 0.4) is 0 Å². The van der Waals surface area contributed by atoms with Crippen molar-refractivity contribution in [2.45, 2.75) is 32.0 Å². The van der Waals surface area contributed by atoms with Crippen LogP contribution in [0.1, 0.15) is 30.4 Å². The highest BCUT2D eigenvalue weighted by molar-refractivity contribution is 5.73. The molecule has 1 aliphatic heterocycles. The highest BCUT2D eigenvalue weighted by atomic mass is 16.6. The molecule has 0 amide bonds. The first kappa shape index (κ1) is 15.3. The Balaban J connectivity index is 1.50. The van der Waals surface area contributed by atoms with E-state index in [4.69, 9.17) is 14.2 Å². The highest BCUT2D eigenvalue weighted by Gasteiger charge is 2.24. The Morgan fingerprint density at radius 1 is 1.04 bits per heavy atom. The summed E-state index contributed by atoms with van der Waals surface area (Å²) in [5, 5.41) is 0. The van der Waals surface area contributed by atoms with Crippen LogP contribution >= 0.6 is 0 Å². The fraction of sp³-hybridized carbons (Fsp3) is 0.333. The van der Waals surface area contributed by atoms with E-state index in [1.807, 2.05) is 30.3 Å². The zero-order chi connectivity index (χ0) is 16.2. The van der Waals surface area contributed by atoms with Crippen LogP contribution in [-0.4, -0.2) is 19.3 Å². The number of epoxide rings is 1. The van der Waals surface area contributed by atoms with Gasteiger partial charge in [0.25, 0.3) is 0 Å². The molecular weight excluding hydrogens is 300 g/mol. The molecule has 1 atom stereocenters. The first-order valence-corrected chi connectivity index (χ1v) is 8.63. The molecule has 3 nitrogen and oxygen atoms in total. The summed E-state index contributed by atoms with van der Waals surface area (Å²) in [6.45, 7) is 2.02. The molecule has 0 aromatic heterocycles. The number of benzene rings is 2. The van der Waals surface area contributed by atoms with Crippen molar-refractivity contribution in [3.63, 3.8) is 0 Å². The molecule has 2 aromatic rings. The third-order valence-electron chi connectivity index (χ3n) is 4.41. The van der Waals surface area contributed by atoms with Gasteiger partial charge in [0.1, 0.15) is 30.8 Å². The SMILES string of the molecule is C1=C(c2cc(OCc3ccccc3)ccc2OCC2CO2)CCC1. The van der Waals surface area contributed by atoms with Crippen LogP contribution < -0.4 is 9.47 Å². The predicted octanol–water partition coefficient (Wildman–Crippen LogP) is 4.61. The molecule has 1 unspecified atom stereocenters. The third-order valence-corrected chi connectivity index (χ3v) is 4.41. The lowest BCUT2D eigenvalue weighted by atomic mass is 10.0. The van der Waals surface area contributed by atoms with E-state index in [2.05, 4.69) is 24.3 Å². The number of hydrogen-bond acceptors (Lipinski definition) is 3. The van der Waals surface area contributed by atoms with E-state index in [-0.39, 0.29) is 6.10 Å². The van der Waals surface area contributed by atoms with Crippen molar-refractivity contribution in [1.82, 2.24) is 0 Å². The Bertz CT molecular complexity index is 717. The molecule has 1 fully saturated rings. The molecule has 0 radical (unpaired) electrons. The molecule has 0 spiro atoms. The van der Waals surface area contributed by atoms with E-state index in [1.54, 1.807) is 0 Å². The smallest absolute Gasteiger partial charge is 0.127 e. The maximum atomic E-state index is 5.98. The van der Waals surface area contributed by atoms with E-state index < -0.39 is 0 Å². The molecule has 0 saturated carbocycles. The van der Waals surface area contributed by atoms with E-state index in [1.165, 1.54) is 23.1 Å². The van der Waals surface area contributed by atoms with Crippen molar-refractivity contribution < 1.29 is 14.2 Å². The summed E-state index contributed by atoms with van der Waals surface area (Å²) < 4.78 is 17.2. The van der Waals surface area contributed by atoms with Crippen LogP contribution in [0.2, 0.25) is 0 Å². The normalized spacial score (nSPS) is 19.0. The average Bonchev–Trinajstić information content (AvgIpc) is 3.30. The lowest BCUT2D eigenvalue weighted by Crippen LogP contribution is -2.06. The van der Waals surface area contributed by atoms with Crippen molar-refractivity contribution in [2.75, 3.05) is 13.2 Å². The topological polar surface area (TPSA) is 31.0 Å². The zero-order valence-electron chi connectivity index (χ0n) is 13.7. The Morgan fingerprint density at radius 2 is 1.92 bits per heavy atom. The third kappa shape index (κ3) is 3.80. The van der Waals surface area contributed by atoms with Gasteiger partial charge in [-0.2, -0.15) is 0 Å². The van der Waals surface area contributed by atoms with Crippen LogP contribution in [0, 0.1) is 0 Å². The van der Waals surface area contributed by atoms with E-state index in [0.717, 1.165) is 30.9 Å². The Kier molecular flexibility index (Phi) is 4.52. The molecule has 1 heterocycles. The summed E-state index contributed by atoms with van der Waals surface area (Å²) in [5.74, 6) is 1.82. The van der Waals surface area contributed by atoms with Crippen molar-refractivity contribution >= 4 is 5.57 Å². The van der Waals surface area contributed by atoms with Gasteiger partial charge in [0, 0.05) is 5.56 Å². The van der Waals surface area contributed by atoms with Gasteiger partial charge in [0.2, 0.25) is 0 Å². The largest absolute Gasteiger partial charge is 0.490 e. The van der Waals surface area contributed by atoms with Gasteiger partial charge >= 0.3 is 0 Å². The van der Waals surface area contributed by atoms with Crippen LogP contribution in [0.4, 0.5) is 0 Å². The summed E-state index contributed by atoms with van der Waals surface area (Å²) in [6.07, 6.45) is 6.06. The minimum Gasteiger partial charge on any atom is -0.490 e. The quantitative estimate of drug-likeness (QED) is 0.698. The number of allylic oxidation sites excluding steroid dienone is 2. The molecule has 24 heavy (non-hydrogen) atoms. The molecular formula is C21H22O3. The summed E-state index contributed by atoms with van der Waals surface area (Å²) >= 11 is 0. The van der Waals surface area contributed by atoms with Gasteiger partial charge in [-0.25, -0.2) is 0 Å². The fourth-order valence-electron chi connectivity index (χ4n) is 2.98. The van der Waals surface area contributed by atoms with Gasteiger partial charge in [-0.05, 0) is 48.6 Å². The van der Waals surface area contributed by atoms with E-state index in [0.29, 0.717) is 13.2 Å². The van der Waals surface area contributed by atoms with E-state index in [9.17, 15) is 0 Å². The number of ether oxygens (including phenoxy) is 3. The van der Waals surface area contributed by atoms with Gasteiger partial charge in [-0.15, -0.1) is 0 Å². The van der Waals surface area contributed by atoms with Crippen molar-refractivity contribution in [3.8, 4) is 11.5 Å². The summed E-state index contributed by atoms with van der Waals surface area (Å²) in [7, 11) is 0. The summed E-state index contributed by atoms with van der Waals surface area (Å²) in [5.41, 5.74) is 3.70. The Labute approximate surface area is 142 Å². The second kappa shape index (κ2) is 7.10. The zero-order valence-corrected chi connectivity index (χ0v) is 13.7. The number of rotatable bonds is 7. The molecule has 1 saturated heterocycles. The Morgan fingerprint density at radius 3 is 2.67 bits per heavy atom.